The summed E-state index contributed by atoms with van der Waals surface area (Å²) in [5, 5.41) is 0. The molecule has 0 aromatic heterocycles. The van der Waals surface area contributed by atoms with Crippen molar-refractivity contribution in [2.75, 3.05) is 5.73 Å². The second kappa shape index (κ2) is 6.60. The number of hydrogen-bond acceptors (Lipinski definition) is 1. The standard InChI is InChI=1S/C9H13N.Cl4I/c1-6-4-5-9(10)8(3)7(6)2;1-5(2,3)4/h4-5H,10H2,1-3H3;/q;-1. The van der Waals surface area contributed by atoms with Gasteiger partial charge in [-0.3, -0.25) is 0 Å². The van der Waals surface area contributed by atoms with Crippen molar-refractivity contribution in [2.45, 2.75) is 20.8 Å². The van der Waals surface area contributed by atoms with E-state index >= 15 is 0 Å². The van der Waals surface area contributed by atoms with E-state index in [9.17, 15) is 0 Å². The van der Waals surface area contributed by atoms with Crippen LogP contribution < -0.4 is 19.7 Å². The van der Waals surface area contributed by atoms with Gasteiger partial charge in [-0.1, -0.05) is 6.07 Å². The normalized spacial score (nSPS) is 11.7. The van der Waals surface area contributed by atoms with Crippen molar-refractivity contribution >= 4 is 41.3 Å². The molecule has 0 spiro atoms. The molecular formula is C9H13Cl4IN-. The van der Waals surface area contributed by atoms with Crippen LogP contribution >= 0.6 is 35.6 Å². The van der Waals surface area contributed by atoms with Gasteiger partial charge in [-0.05, 0) is 43.5 Å². The maximum atomic E-state index is 5.69. The summed E-state index contributed by atoms with van der Waals surface area (Å²) in [7, 11) is 20.0. The zero-order valence-electron chi connectivity index (χ0n) is 8.62. The first kappa shape index (κ1) is 15.9. The molecule has 0 saturated heterocycles. The number of halogens is 5. The Bertz CT molecular complexity index is 303. The first-order chi connectivity index (χ1) is 6.63. The van der Waals surface area contributed by atoms with Crippen LogP contribution in [-0.2, 0) is 0 Å². The summed E-state index contributed by atoms with van der Waals surface area (Å²) in [4.78, 5) is 0. The van der Waals surface area contributed by atoms with E-state index in [0.717, 1.165) is 5.69 Å². The van der Waals surface area contributed by atoms with Gasteiger partial charge in [0.2, 0.25) is 0 Å². The summed E-state index contributed by atoms with van der Waals surface area (Å²) in [6, 6.07) is 4.01. The van der Waals surface area contributed by atoms with Crippen LogP contribution in [0.25, 0.3) is 0 Å². The monoisotopic (exact) mass is 402 g/mol. The van der Waals surface area contributed by atoms with E-state index in [1.54, 1.807) is 0 Å². The molecule has 0 aliphatic heterocycles. The van der Waals surface area contributed by atoms with Gasteiger partial charge in [-0.15, -0.1) is 0 Å². The molecule has 0 unspecified atom stereocenters. The predicted molar refractivity (Wildman–Crippen MR) is 68.5 cm³/mol. The summed E-state index contributed by atoms with van der Waals surface area (Å²) in [5.41, 5.74) is 10.4. The van der Waals surface area contributed by atoms with E-state index < -0.39 is 13.9 Å². The summed E-state index contributed by atoms with van der Waals surface area (Å²) >= 11 is -3.05. The fourth-order valence-corrected chi connectivity index (χ4v) is 0.977. The van der Waals surface area contributed by atoms with E-state index in [0.29, 0.717) is 0 Å². The molecule has 0 heterocycles. The van der Waals surface area contributed by atoms with Gasteiger partial charge in [-0.2, -0.15) is 0 Å². The van der Waals surface area contributed by atoms with Crippen molar-refractivity contribution < 1.29 is 13.9 Å². The van der Waals surface area contributed by atoms with Gasteiger partial charge < -0.3 is 5.73 Å². The van der Waals surface area contributed by atoms with Crippen molar-refractivity contribution in [3.63, 3.8) is 0 Å². The number of nitrogens with two attached hydrogens (primary N) is 1. The molecule has 0 saturated carbocycles. The van der Waals surface area contributed by atoms with Crippen LogP contribution in [0.3, 0.4) is 0 Å². The first-order valence-electron chi connectivity index (χ1n) is 4.02. The minimum absolute atomic E-state index is 0.892. The molecule has 1 nitrogen and oxygen atoms in total. The van der Waals surface area contributed by atoms with E-state index in [1.807, 2.05) is 6.07 Å². The van der Waals surface area contributed by atoms with Crippen molar-refractivity contribution in [2.24, 2.45) is 0 Å². The number of hydrogen-bond donors (Lipinski definition) is 1. The molecule has 15 heavy (non-hydrogen) atoms. The molecule has 1 aromatic rings. The number of nitrogen functional groups attached to an aromatic ring is 1. The van der Waals surface area contributed by atoms with Gasteiger partial charge in [0.1, 0.15) is 0 Å². The second-order valence-electron chi connectivity index (χ2n) is 3.05. The SMILES string of the molecule is Cc1ccc(N)c(C)c1C.Cl[I-](Cl)(Cl)Cl. The van der Waals surface area contributed by atoms with Crippen molar-refractivity contribution in [3.8, 4) is 0 Å². The number of benzene rings is 1. The average molecular weight is 404 g/mol. The third-order valence-corrected chi connectivity index (χ3v) is 2.10. The fraction of sp³-hybridized carbons (Fsp3) is 0.333. The van der Waals surface area contributed by atoms with E-state index in [4.69, 9.17) is 41.4 Å². The Balaban J connectivity index is 0.000000336. The van der Waals surface area contributed by atoms with Gasteiger partial charge in [0.25, 0.3) is 0 Å². The Hall–Kier alpha value is 0.910. The molecule has 0 atom stereocenters. The quantitative estimate of drug-likeness (QED) is 0.520. The summed E-state index contributed by atoms with van der Waals surface area (Å²) in [6.45, 7) is 6.25. The topological polar surface area (TPSA) is 26.0 Å². The van der Waals surface area contributed by atoms with E-state index in [2.05, 4.69) is 26.8 Å². The third-order valence-electron chi connectivity index (χ3n) is 2.10. The Kier molecular flexibility index (Phi) is 7.00. The minimum atomic E-state index is -3.05. The van der Waals surface area contributed by atoms with Crippen molar-refractivity contribution in [1.82, 2.24) is 0 Å². The summed E-state index contributed by atoms with van der Waals surface area (Å²) in [5.74, 6) is 0. The number of rotatable bonds is 0. The Labute approximate surface area is 110 Å². The Morgan fingerprint density at radius 3 is 1.67 bits per heavy atom. The molecule has 2 N–H and O–H groups in total. The number of aryl methyl sites for hydroxylation is 1. The maximum absolute atomic E-state index is 5.69. The Morgan fingerprint density at radius 2 is 1.33 bits per heavy atom. The molecule has 0 amide bonds. The zero-order chi connectivity index (χ0) is 12.2. The molecule has 90 valence electrons. The molecule has 1 aromatic carbocycles. The van der Waals surface area contributed by atoms with Gasteiger partial charge in [0.15, 0.2) is 0 Å². The van der Waals surface area contributed by atoms with Gasteiger partial charge in [-0.25, -0.2) is 0 Å². The Morgan fingerprint density at radius 1 is 0.933 bits per heavy atom. The first-order valence-corrected chi connectivity index (χ1v) is 14.9. The third kappa shape index (κ3) is 7.75. The van der Waals surface area contributed by atoms with Crippen molar-refractivity contribution in [3.05, 3.63) is 28.8 Å². The van der Waals surface area contributed by atoms with Crippen molar-refractivity contribution in [1.29, 1.82) is 0 Å². The van der Waals surface area contributed by atoms with Crippen LogP contribution in [0.4, 0.5) is 5.69 Å². The second-order valence-corrected chi connectivity index (χ2v) is 22.3. The van der Waals surface area contributed by atoms with Crippen LogP contribution in [0.5, 0.6) is 0 Å². The van der Waals surface area contributed by atoms with E-state index in [-0.39, 0.29) is 0 Å². The molecule has 1 rings (SSSR count). The van der Waals surface area contributed by atoms with Gasteiger partial charge >= 0.3 is 49.6 Å². The molecule has 0 aliphatic rings. The molecule has 0 aliphatic carbocycles. The average Bonchev–Trinajstić information content (AvgIpc) is 2.05. The molecule has 0 radical (unpaired) electrons. The fourth-order valence-electron chi connectivity index (χ4n) is 0.977. The summed E-state index contributed by atoms with van der Waals surface area (Å²) in [6.07, 6.45) is 0. The van der Waals surface area contributed by atoms with E-state index in [1.165, 1.54) is 16.7 Å². The zero-order valence-corrected chi connectivity index (χ0v) is 13.8. The van der Waals surface area contributed by atoms with Gasteiger partial charge in [0.05, 0.1) is 0 Å². The predicted octanol–water partition coefficient (Wildman–Crippen LogP) is 1.96. The molecule has 0 fully saturated rings. The van der Waals surface area contributed by atoms with Crippen LogP contribution in [0, 0.1) is 20.8 Å². The number of anilines is 1. The molecule has 6 heteroatoms. The summed E-state index contributed by atoms with van der Waals surface area (Å²) < 4.78 is 0. The van der Waals surface area contributed by atoms with Gasteiger partial charge in [0, 0.05) is 5.69 Å². The van der Waals surface area contributed by atoms with Crippen LogP contribution in [0.1, 0.15) is 16.7 Å². The molecule has 0 bridgehead atoms. The van der Waals surface area contributed by atoms with Crippen LogP contribution in [-0.4, -0.2) is 0 Å². The molecular weight excluding hydrogens is 391 g/mol. The van der Waals surface area contributed by atoms with Crippen LogP contribution in [0.2, 0.25) is 0 Å². The van der Waals surface area contributed by atoms with Crippen LogP contribution in [0.15, 0.2) is 12.1 Å².